The summed E-state index contributed by atoms with van der Waals surface area (Å²) in [7, 11) is 6.03. The average Bonchev–Trinajstić information content (AvgIpc) is 3.01. The summed E-state index contributed by atoms with van der Waals surface area (Å²) < 4.78 is 7.83. The minimum atomic E-state index is 0.596. The topological polar surface area (TPSA) is 17.4 Å². The van der Waals surface area contributed by atoms with Gasteiger partial charge >= 0.3 is 0 Å². The Balaban J connectivity index is 2.06. The van der Waals surface area contributed by atoms with Gasteiger partial charge < -0.3 is 14.2 Å². The molecule has 0 saturated heterocycles. The van der Waals surface area contributed by atoms with Crippen molar-refractivity contribution < 1.29 is 4.74 Å². The van der Waals surface area contributed by atoms with Crippen LogP contribution in [0.2, 0.25) is 0 Å². The fourth-order valence-electron chi connectivity index (χ4n) is 2.65. The minimum absolute atomic E-state index is 0.596. The molecule has 0 aliphatic heterocycles. The molecule has 0 spiro atoms. The number of benzene rings is 1. The molecule has 2 aromatic rings. The Hall–Kier alpha value is -1.48. The van der Waals surface area contributed by atoms with Crippen LogP contribution in [0.4, 0.5) is 0 Å². The molecule has 0 amide bonds. The molecule has 0 N–H and O–H groups in total. The monoisotopic (exact) mass is 230 g/mol. The Morgan fingerprint density at radius 3 is 2.76 bits per heavy atom. The molecule has 3 heteroatoms. The smallest absolute Gasteiger partial charge is 0.143 e. The van der Waals surface area contributed by atoms with Gasteiger partial charge in [-0.2, -0.15) is 0 Å². The Morgan fingerprint density at radius 2 is 2.12 bits per heavy atom. The lowest BCUT2D eigenvalue weighted by atomic mass is 10.2. The van der Waals surface area contributed by atoms with Crippen molar-refractivity contribution in [1.82, 2.24) is 9.47 Å². The van der Waals surface area contributed by atoms with E-state index in [4.69, 9.17) is 4.74 Å². The number of hydrogen-bond donors (Lipinski definition) is 0. The van der Waals surface area contributed by atoms with Crippen molar-refractivity contribution in [2.45, 2.75) is 18.5 Å². The quantitative estimate of drug-likeness (QED) is 0.806. The largest absolute Gasteiger partial charge is 0.495 e. The predicted octanol–water partition coefficient (Wildman–Crippen LogP) is 2.52. The highest BCUT2D eigenvalue weighted by molar-refractivity contribution is 5.86. The van der Waals surface area contributed by atoms with Gasteiger partial charge in [0.05, 0.1) is 18.7 Å². The zero-order chi connectivity index (χ0) is 12.0. The van der Waals surface area contributed by atoms with E-state index in [9.17, 15) is 0 Å². The van der Waals surface area contributed by atoms with Crippen molar-refractivity contribution in [2.75, 3.05) is 21.2 Å². The van der Waals surface area contributed by atoms with Gasteiger partial charge in [-0.05, 0) is 32.6 Å². The van der Waals surface area contributed by atoms with Gasteiger partial charge in [0, 0.05) is 17.6 Å². The van der Waals surface area contributed by atoms with Crippen LogP contribution in [0.5, 0.6) is 5.75 Å². The standard InChI is InChI=1S/C14H18N2O/c1-15(2)11-9-12(11)16-8-7-10-5-4-6-13(17-3)14(10)16/h4-8,11-12H,9H2,1-3H3. The van der Waals surface area contributed by atoms with E-state index in [0.29, 0.717) is 12.1 Å². The molecule has 1 aromatic heterocycles. The molecular weight excluding hydrogens is 212 g/mol. The number of fused-ring (bicyclic) bond motifs is 1. The van der Waals surface area contributed by atoms with Crippen LogP contribution < -0.4 is 4.74 Å². The lowest BCUT2D eigenvalue weighted by Crippen LogP contribution is -2.17. The molecule has 2 atom stereocenters. The molecule has 17 heavy (non-hydrogen) atoms. The number of likely N-dealkylation sites (N-methyl/N-ethyl adjacent to an activating group) is 1. The SMILES string of the molecule is COc1cccc2ccn(C3CC3N(C)C)c12. The fourth-order valence-corrected chi connectivity index (χ4v) is 2.65. The van der Waals surface area contributed by atoms with Gasteiger partial charge in [-0.15, -0.1) is 0 Å². The lowest BCUT2D eigenvalue weighted by molar-refractivity contribution is 0.376. The first-order chi connectivity index (χ1) is 8.22. The molecule has 90 valence electrons. The maximum absolute atomic E-state index is 5.47. The molecule has 1 aliphatic rings. The first kappa shape index (κ1) is 10.7. The summed E-state index contributed by atoms with van der Waals surface area (Å²) in [6.45, 7) is 0. The second-order valence-electron chi connectivity index (χ2n) is 4.96. The third-order valence-corrected chi connectivity index (χ3v) is 3.67. The Labute approximate surface area is 102 Å². The maximum Gasteiger partial charge on any atom is 0.143 e. The molecule has 1 saturated carbocycles. The molecule has 1 aromatic carbocycles. The van der Waals surface area contributed by atoms with Crippen LogP contribution in [-0.4, -0.2) is 36.7 Å². The van der Waals surface area contributed by atoms with Crippen molar-refractivity contribution in [3.05, 3.63) is 30.5 Å². The summed E-state index contributed by atoms with van der Waals surface area (Å²) in [5.74, 6) is 0.969. The van der Waals surface area contributed by atoms with E-state index in [1.54, 1.807) is 7.11 Å². The third kappa shape index (κ3) is 1.62. The van der Waals surface area contributed by atoms with Crippen molar-refractivity contribution in [1.29, 1.82) is 0 Å². The van der Waals surface area contributed by atoms with E-state index >= 15 is 0 Å². The van der Waals surface area contributed by atoms with Crippen LogP contribution >= 0.6 is 0 Å². The molecular formula is C14H18N2O. The average molecular weight is 230 g/mol. The summed E-state index contributed by atoms with van der Waals surface area (Å²) in [5.41, 5.74) is 1.23. The summed E-state index contributed by atoms with van der Waals surface area (Å²) in [5, 5.41) is 1.26. The number of methoxy groups -OCH3 is 1. The van der Waals surface area contributed by atoms with Crippen molar-refractivity contribution in [2.24, 2.45) is 0 Å². The van der Waals surface area contributed by atoms with Gasteiger partial charge in [0.15, 0.2) is 0 Å². The molecule has 0 bridgehead atoms. The number of rotatable bonds is 3. The molecule has 1 heterocycles. The van der Waals surface area contributed by atoms with Crippen LogP contribution in [0.1, 0.15) is 12.5 Å². The van der Waals surface area contributed by atoms with Gasteiger partial charge in [0.25, 0.3) is 0 Å². The molecule has 3 rings (SSSR count). The summed E-state index contributed by atoms with van der Waals surface area (Å²) in [6.07, 6.45) is 3.41. The zero-order valence-corrected chi connectivity index (χ0v) is 10.6. The van der Waals surface area contributed by atoms with Gasteiger partial charge in [-0.1, -0.05) is 12.1 Å². The maximum atomic E-state index is 5.47. The van der Waals surface area contributed by atoms with Crippen molar-refractivity contribution in [3.8, 4) is 5.75 Å². The number of para-hydroxylation sites is 1. The highest BCUT2D eigenvalue weighted by atomic mass is 16.5. The highest BCUT2D eigenvalue weighted by Crippen LogP contribution is 2.43. The number of nitrogens with zero attached hydrogens (tertiary/aromatic N) is 2. The Kier molecular flexibility index (Phi) is 2.37. The second kappa shape index (κ2) is 3.77. The van der Waals surface area contributed by atoms with Crippen LogP contribution in [0.25, 0.3) is 10.9 Å². The lowest BCUT2D eigenvalue weighted by Gasteiger charge is -2.12. The Morgan fingerprint density at radius 1 is 1.29 bits per heavy atom. The van der Waals surface area contributed by atoms with E-state index in [-0.39, 0.29) is 0 Å². The van der Waals surface area contributed by atoms with Gasteiger partial charge in [0.1, 0.15) is 5.75 Å². The van der Waals surface area contributed by atoms with Crippen molar-refractivity contribution >= 4 is 10.9 Å². The first-order valence-corrected chi connectivity index (χ1v) is 6.02. The van der Waals surface area contributed by atoms with Crippen LogP contribution in [0, 0.1) is 0 Å². The summed E-state index contributed by atoms with van der Waals surface area (Å²) >= 11 is 0. The minimum Gasteiger partial charge on any atom is -0.495 e. The number of hydrogen-bond acceptors (Lipinski definition) is 2. The first-order valence-electron chi connectivity index (χ1n) is 6.02. The summed E-state index contributed by atoms with van der Waals surface area (Å²) in [6, 6.07) is 9.65. The number of aromatic nitrogens is 1. The molecule has 1 aliphatic carbocycles. The third-order valence-electron chi connectivity index (χ3n) is 3.67. The van der Waals surface area contributed by atoms with E-state index in [1.807, 2.05) is 12.1 Å². The zero-order valence-electron chi connectivity index (χ0n) is 10.6. The Bertz CT molecular complexity index is 544. The fraction of sp³-hybridized carbons (Fsp3) is 0.429. The summed E-state index contributed by atoms with van der Waals surface area (Å²) in [4.78, 5) is 2.30. The van der Waals surface area contributed by atoms with Crippen LogP contribution in [0.3, 0.4) is 0 Å². The molecule has 2 unspecified atom stereocenters. The number of ether oxygens (including phenoxy) is 1. The normalized spacial score (nSPS) is 23.3. The van der Waals surface area contributed by atoms with E-state index in [0.717, 1.165) is 5.75 Å². The van der Waals surface area contributed by atoms with Gasteiger partial charge in [0.2, 0.25) is 0 Å². The second-order valence-corrected chi connectivity index (χ2v) is 4.96. The van der Waals surface area contributed by atoms with E-state index < -0.39 is 0 Å². The van der Waals surface area contributed by atoms with Gasteiger partial charge in [-0.3, -0.25) is 0 Å². The molecule has 3 nitrogen and oxygen atoms in total. The van der Waals surface area contributed by atoms with E-state index in [2.05, 4.69) is 41.9 Å². The van der Waals surface area contributed by atoms with Gasteiger partial charge in [-0.25, -0.2) is 0 Å². The highest BCUT2D eigenvalue weighted by Gasteiger charge is 2.40. The van der Waals surface area contributed by atoms with E-state index in [1.165, 1.54) is 17.3 Å². The predicted molar refractivity (Wildman–Crippen MR) is 69.6 cm³/mol. The van der Waals surface area contributed by atoms with Crippen LogP contribution in [0.15, 0.2) is 30.5 Å². The van der Waals surface area contributed by atoms with Crippen molar-refractivity contribution in [3.63, 3.8) is 0 Å². The molecule has 0 radical (unpaired) electrons. The molecule has 1 fully saturated rings. The van der Waals surface area contributed by atoms with Crippen LogP contribution in [-0.2, 0) is 0 Å².